The Kier molecular flexibility index (Phi) is 3.70. The number of hydrogen-bond acceptors (Lipinski definition) is 3. The van der Waals surface area contributed by atoms with E-state index in [4.69, 9.17) is 5.73 Å². The SMILES string of the molecule is CC(C)(C)S(=O)(=O)CCC(F)(CN)C1CC1. The van der Waals surface area contributed by atoms with Gasteiger partial charge in [0, 0.05) is 6.54 Å². The molecule has 0 aromatic heterocycles. The van der Waals surface area contributed by atoms with Gasteiger partial charge in [-0.05, 0) is 46.0 Å². The van der Waals surface area contributed by atoms with E-state index in [0.29, 0.717) is 0 Å². The van der Waals surface area contributed by atoms with Gasteiger partial charge in [0.2, 0.25) is 0 Å². The quantitative estimate of drug-likeness (QED) is 0.808. The Morgan fingerprint density at radius 2 is 1.81 bits per heavy atom. The lowest BCUT2D eigenvalue weighted by Gasteiger charge is -2.26. The molecule has 0 spiro atoms. The molecule has 0 aliphatic heterocycles. The monoisotopic (exact) mass is 251 g/mol. The van der Waals surface area contributed by atoms with Gasteiger partial charge in [-0.15, -0.1) is 0 Å². The van der Waals surface area contributed by atoms with Crippen LogP contribution in [0.1, 0.15) is 40.0 Å². The fraction of sp³-hybridized carbons (Fsp3) is 1.00. The molecule has 5 heteroatoms. The zero-order valence-corrected chi connectivity index (χ0v) is 11.1. The summed E-state index contributed by atoms with van der Waals surface area (Å²) in [5, 5.41) is 0. The molecule has 0 aromatic carbocycles. The lowest BCUT2D eigenvalue weighted by molar-refractivity contribution is 0.138. The average molecular weight is 251 g/mol. The highest BCUT2D eigenvalue weighted by atomic mass is 32.2. The maximum absolute atomic E-state index is 14.2. The van der Waals surface area contributed by atoms with Gasteiger partial charge in [0.05, 0.1) is 10.5 Å². The van der Waals surface area contributed by atoms with Crippen LogP contribution in [0.5, 0.6) is 0 Å². The first-order chi connectivity index (χ1) is 7.12. The molecule has 1 atom stereocenters. The lowest BCUT2D eigenvalue weighted by Crippen LogP contribution is -2.40. The van der Waals surface area contributed by atoms with Crippen LogP contribution < -0.4 is 5.73 Å². The van der Waals surface area contributed by atoms with Crippen LogP contribution in [0.25, 0.3) is 0 Å². The van der Waals surface area contributed by atoms with E-state index in [-0.39, 0.29) is 24.6 Å². The first-order valence-electron chi connectivity index (χ1n) is 5.74. The third-order valence-electron chi connectivity index (χ3n) is 3.37. The van der Waals surface area contributed by atoms with E-state index in [2.05, 4.69) is 0 Å². The number of rotatable bonds is 5. The first kappa shape index (κ1) is 13.9. The van der Waals surface area contributed by atoms with E-state index in [1.807, 2.05) is 0 Å². The molecule has 3 nitrogen and oxygen atoms in total. The topological polar surface area (TPSA) is 60.2 Å². The van der Waals surface area contributed by atoms with Crippen LogP contribution in [0.2, 0.25) is 0 Å². The molecule has 1 rings (SSSR count). The molecule has 0 aromatic rings. The summed E-state index contributed by atoms with van der Waals surface area (Å²) in [4.78, 5) is 0. The van der Waals surface area contributed by atoms with Crippen molar-refractivity contribution < 1.29 is 12.8 Å². The van der Waals surface area contributed by atoms with Gasteiger partial charge in [0.1, 0.15) is 5.67 Å². The minimum atomic E-state index is -3.24. The second kappa shape index (κ2) is 4.26. The number of sulfone groups is 1. The molecule has 1 unspecified atom stereocenters. The summed E-state index contributed by atoms with van der Waals surface area (Å²) in [7, 11) is -3.24. The maximum Gasteiger partial charge on any atom is 0.155 e. The molecule has 0 heterocycles. The van der Waals surface area contributed by atoms with Crippen LogP contribution in [0.3, 0.4) is 0 Å². The van der Waals surface area contributed by atoms with E-state index >= 15 is 0 Å². The fourth-order valence-electron chi connectivity index (χ4n) is 1.68. The van der Waals surface area contributed by atoms with Crippen molar-refractivity contribution in [3.63, 3.8) is 0 Å². The number of hydrogen-bond donors (Lipinski definition) is 1. The molecule has 0 bridgehead atoms. The first-order valence-corrected chi connectivity index (χ1v) is 7.39. The Bertz CT molecular complexity index is 343. The van der Waals surface area contributed by atoms with E-state index < -0.39 is 20.3 Å². The molecule has 0 amide bonds. The van der Waals surface area contributed by atoms with E-state index in [9.17, 15) is 12.8 Å². The largest absolute Gasteiger partial charge is 0.328 e. The smallest absolute Gasteiger partial charge is 0.155 e. The molecular weight excluding hydrogens is 229 g/mol. The van der Waals surface area contributed by atoms with Crippen LogP contribution in [0.15, 0.2) is 0 Å². The predicted molar refractivity (Wildman–Crippen MR) is 63.8 cm³/mol. The van der Waals surface area contributed by atoms with Crippen molar-refractivity contribution in [3.05, 3.63) is 0 Å². The Labute approximate surface area is 97.5 Å². The lowest BCUT2D eigenvalue weighted by atomic mass is 9.97. The summed E-state index contributed by atoms with van der Waals surface area (Å²) in [6.45, 7) is 4.85. The summed E-state index contributed by atoms with van der Waals surface area (Å²) in [5.74, 6) is -0.131. The minimum absolute atomic E-state index is 0.0207. The van der Waals surface area contributed by atoms with Crippen molar-refractivity contribution >= 4 is 9.84 Å². The van der Waals surface area contributed by atoms with Gasteiger partial charge >= 0.3 is 0 Å². The molecule has 1 fully saturated rings. The van der Waals surface area contributed by atoms with Crippen molar-refractivity contribution in [2.45, 2.75) is 50.4 Å². The van der Waals surface area contributed by atoms with E-state index in [0.717, 1.165) is 12.8 Å². The third kappa shape index (κ3) is 2.94. The summed E-state index contributed by atoms with van der Waals surface area (Å²) in [6.07, 6.45) is 1.71. The molecule has 96 valence electrons. The molecule has 2 N–H and O–H groups in total. The van der Waals surface area contributed by atoms with Gasteiger partial charge in [-0.3, -0.25) is 0 Å². The van der Waals surface area contributed by atoms with Gasteiger partial charge in [-0.25, -0.2) is 12.8 Å². The van der Waals surface area contributed by atoms with Crippen LogP contribution in [-0.4, -0.2) is 31.1 Å². The third-order valence-corrected chi connectivity index (χ3v) is 5.98. The van der Waals surface area contributed by atoms with Gasteiger partial charge in [0.15, 0.2) is 9.84 Å². The summed E-state index contributed by atoms with van der Waals surface area (Å²) in [5.41, 5.74) is 3.94. The second-order valence-electron chi connectivity index (χ2n) is 5.69. The molecule has 1 aliphatic rings. The summed E-state index contributed by atoms with van der Waals surface area (Å²) < 4.78 is 37.1. The number of halogens is 1. The molecule has 0 saturated heterocycles. The van der Waals surface area contributed by atoms with Crippen LogP contribution in [0, 0.1) is 5.92 Å². The van der Waals surface area contributed by atoms with E-state index in [1.165, 1.54) is 0 Å². The second-order valence-corrected chi connectivity index (χ2v) is 8.56. The number of nitrogens with two attached hydrogens (primary N) is 1. The van der Waals surface area contributed by atoms with Crippen LogP contribution in [0.4, 0.5) is 4.39 Å². The Balaban J connectivity index is 2.63. The zero-order valence-electron chi connectivity index (χ0n) is 10.3. The summed E-state index contributed by atoms with van der Waals surface area (Å²) in [6, 6.07) is 0. The Hall–Kier alpha value is -0.160. The molecule has 1 aliphatic carbocycles. The predicted octanol–water partition coefficient (Wildman–Crippen LogP) is 1.67. The minimum Gasteiger partial charge on any atom is -0.328 e. The van der Waals surface area contributed by atoms with Crippen molar-refractivity contribution in [3.8, 4) is 0 Å². The summed E-state index contributed by atoms with van der Waals surface area (Å²) >= 11 is 0. The normalized spacial score (nSPS) is 21.8. The van der Waals surface area contributed by atoms with E-state index in [1.54, 1.807) is 20.8 Å². The highest BCUT2D eigenvalue weighted by molar-refractivity contribution is 7.92. The highest BCUT2D eigenvalue weighted by Gasteiger charge is 2.45. The molecule has 0 radical (unpaired) electrons. The van der Waals surface area contributed by atoms with Gasteiger partial charge in [-0.1, -0.05) is 0 Å². The highest BCUT2D eigenvalue weighted by Crippen LogP contribution is 2.44. The zero-order chi connectivity index (χ0) is 12.6. The molecule has 1 saturated carbocycles. The fourth-order valence-corrected chi connectivity index (χ4v) is 2.90. The van der Waals surface area contributed by atoms with Gasteiger partial charge in [0.25, 0.3) is 0 Å². The average Bonchev–Trinajstić information content (AvgIpc) is 2.96. The van der Waals surface area contributed by atoms with Crippen molar-refractivity contribution in [1.29, 1.82) is 0 Å². The standard InChI is InChI=1S/C11H22FNO2S/c1-10(2,3)16(14,15)7-6-11(12,8-13)9-4-5-9/h9H,4-8,13H2,1-3H3. The van der Waals surface area contributed by atoms with Crippen molar-refractivity contribution in [2.75, 3.05) is 12.3 Å². The van der Waals surface area contributed by atoms with Crippen LogP contribution >= 0.6 is 0 Å². The van der Waals surface area contributed by atoms with Gasteiger partial charge in [-0.2, -0.15) is 0 Å². The van der Waals surface area contributed by atoms with Crippen molar-refractivity contribution in [1.82, 2.24) is 0 Å². The van der Waals surface area contributed by atoms with Gasteiger partial charge < -0.3 is 5.73 Å². The number of alkyl halides is 1. The van der Waals surface area contributed by atoms with Crippen molar-refractivity contribution in [2.24, 2.45) is 11.7 Å². The Morgan fingerprint density at radius 3 is 2.12 bits per heavy atom. The molecule has 16 heavy (non-hydrogen) atoms. The van der Waals surface area contributed by atoms with Crippen LogP contribution in [-0.2, 0) is 9.84 Å². The maximum atomic E-state index is 14.2. The Morgan fingerprint density at radius 1 is 1.31 bits per heavy atom. The molecular formula is C11H22FNO2S.